The zero-order valence-electron chi connectivity index (χ0n) is 20.8. The van der Waals surface area contributed by atoms with E-state index in [2.05, 4.69) is 20.6 Å². The summed E-state index contributed by atoms with van der Waals surface area (Å²) >= 11 is 0. The van der Waals surface area contributed by atoms with Crippen LogP contribution in [-0.2, 0) is 16.1 Å². The van der Waals surface area contributed by atoms with Crippen LogP contribution in [0.1, 0.15) is 61.1 Å². The number of nitrogens with zero attached hydrogens (tertiary/aromatic N) is 3. The summed E-state index contributed by atoms with van der Waals surface area (Å²) in [4.78, 5) is 47.3. The smallest absolute Gasteiger partial charge is 0.251 e. The molecule has 0 bridgehead atoms. The molecule has 0 saturated carbocycles. The summed E-state index contributed by atoms with van der Waals surface area (Å²) in [6.45, 7) is 8.02. The second-order valence-corrected chi connectivity index (χ2v) is 8.98. The molecule has 1 aromatic heterocycles. The van der Waals surface area contributed by atoms with Gasteiger partial charge in [-0.05, 0) is 37.5 Å². The normalized spacial score (nSPS) is 15.7. The van der Waals surface area contributed by atoms with Gasteiger partial charge in [0.15, 0.2) is 11.5 Å². The van der Waals surface area contributed by atoms with Gasteiger partial charge in [-0.3, -0.25) is 14.4 Å². The van der Waals surface area contributed by atoms with Crippen LogP contribution in [0.25, 0.3) is 0 Å². The summed E-state index contributed by atoms with van der Waals surface area (Å²) in [5, 5.41) is 5.87. The van der Waals surface area contributed by atoms with E-state index >= 15 is 0 Å². The molecule has 1 aliphatic rings. The van der Waals surface area contributed by atoms with Crippen LogP contribution in [0.3, 0.4) is 0 Å². The Bertz CT molecular complexity index is 1030. The van der Waals surface area contributed by atoms with E-state index in [1.54, 1.807) is 12.3 Å². The van der Waals surface area contributed by atoms with Crippen LogP contribution >= 0.6 is 0 Å². The number of hydrogen-bond donors (Lipinski definition) is 2. The molecular weight excluding hydrogens is 446 g/mol. The van der Waals surface area contributed by atoms with Gasteiger partial charge in [0.05, 0.1) is 31.6 Å². The molecule has 35 heavy (non-hydrogen) atoms. The number of piperidine rings is 1. The average molecular weight is 482 g/mol. The number of nitrogens with one attached hydrogen (secondary N) is 2. The molecule has 1 aliphatic heterocycles. The van der Waals surface area contributed by atoms with E-state index < -0.39 is 0 Å². The lowest BCUT2D eigenvalue weighted by Crippen LogP contribution is -2.43. The Morgan fingerprint density at radius 1 is 1.23 bits per heavy atom. The lowest BCUT2D eigenvalue weighted by molar-refractivity contribution is -0.131. The minimum atomic E-state index is -0.259. The van der Waals surface area contributed by atoms with Gasteiger partial charge in [-0.2, -0.15) is 0 Å². The molecule has 9 nitrogen and oxygen atoms in total. The molecule has 1 aromatic carbocycles. The van der Waals surface area contributed by atoms with E-state index in [1.165, 1.54) is 6.33 Å². The first-order valence-electron chi connectivity index (χ1n) is 12.2. The van der Waals surface area contributed by atoms with Crippen LogP contribution in [0.15, 0.2) is 36.8 Å². The van der Waals surface area contributed by atoms with Crippen LogP contribution in [0.4, 0.5) is 0 Å². The topological polar surface area (TPSA) is 114 Å². The van der Waals surface area contributed by atoms with Crippen LogP contribution < -0.4 is 15.4 Å². The Morgan fingerprint density at radius 3 is 2.83 bits per heavy atom. The first-order valence-corrected chi connectivity index (χ1v) is 12.2. The molecule has 1 unspecified atom stereocenters. The van der Waals surface area contributed by atoms with Crippen molar-refractivity contribution in [1.82, 2.24) is 25.5 Å². The first-order chi connectivity index (χ1) is 16.9. The van der Waals surface area contributed by atoms with Crippen molar-refractivity contribution < 1.29 is 19.1 Å². The van der Waals surface area contributed by atoms with E-state index in [1.807, 2.05) is 43.9 Å². The van der Waals surface area contributed by atoms with Crippen LogP contribution in [-0.4, -0.2) is 65.3 Å². The van der Waals surface area contributed by atoms with E-state index in [-0.39, 0.29) is 42.5 Å². The molecule has 0 spiro atoms. The van der Waals surface area contributed by atoms with Gasteiger partial charge < -0.3 is 20.3 Å². The van der Waals surface area contributed by atoms with Crippen molar-refractivity contribution in [2.24, 2.45) is 5.92 Å². The number of aromatic nitrogens is 2. The number of amides is 2. The number of ketones is 1. The monoisotopic (exact) mass is 481 g/mol. The second kappa shape index (κ2) is 12.9. The van der Waals surface area contributed by atoms with Crippen molar-refractivity contribution in [2.45, 2.75) is 46.1 Å². The van der Waals surface area contributed by atoms with Crippen molar-refractivity contribution in [1.29, 1.82) is 0 Å². The zero-order chi connectivity index (χ0) is 25.2. The molecule has 0 radical (unpaired) electrons. The summed E-state index contributed by atoms with van der Waals surface area (Å²) in [5.41, 5.74) is 2.27. The lowest BCUT2D eigenvalue weighted by Gasteiger charge is -2.33. The summed E-state index contributed by atoms with van der Waals surface area (Å²) in [7, 11) is 0. The molecule has 0 aliphatic carbocycles. The molecule has 2 amide bonds. The molecule has 3 rings (SSSR count). The summed E-state index contributed by atoms with van der Waals surface area (Å²) in [5.74, 6) is 0.426. The molecule has 1 saturated heterocycles. The van der Waals surface area contributed by atoms with Gasteiger partial charge in [0.2, 0.25) is 5.91 Å². The van der Waals surface area contributed by atoms with Gasteiger partial charge >= 0.3 is 0 Å². The summed E-state index contributed by atoms with van der Waals surface area (Å²) in [6.07, 6.45) is 4.94. The fraction of sp³-hybridized carbons (Fsp3) is 0.500. The van der Waals surface area contributed by atoms with Gasteiger partial charge in [0, 0.05) is 37.0 Å². The number of carbonyl (C=O) groups is 3. The van der Waals surface area contributed by atoms with Crippen molar-refractivity contribution in [3.05, 3.63) is 53.6 Å². The van der Waals surface area contributed by atoms with Gasteiger partial charge in [-0.25, -0.2) is 9.97 Å². The first kappa shape index (κ1) is 26.3. The number of Topliss-reactive ketones (excluding diaryl/α,β-unsaturated/α-hetero) is 1. The number of rotatable bonds is 11. The maximum absolute atomic E-state index is 12.9. The maximum Gasteiger partial charge on any atom is 0.251 e. The Hall–Kier alpha value is -3.33. The highest BCUT2D eigenvalue weighted by Crippen LogP contribution is 2.27. The van der Waals surface area contributed by atoms with Crippen LogP contribution in [0.2, 0.25) is 0 Å². The largest absolute Gasteiger partial charge is 0.490 e. The summed E-state index contributed by atoms with van der Waals surface area (Å²) < 4.78 is 5.53. The van der Waals surface area contributed by atoms with Crippen molar-refractivity contribution in [3.8, 4) is 5.75 Å². The third-order valence-electron chi connectivity index (χ3n) is 6.09. The third kappa shape index (κ3) is 7.58. The van der Waals surface area contributed by atoms with E-state index in [0.717, 1.165) is 24.1 Å². The minimum Gasteiger partial charge on any atom is -0.490 e. The molecule has 2 N–H and O–H groups in total. The number of hydrogen-bond acceptors (Lipinski definition) is 7. The Labute approximate surface area is 206 Å². The number of carbonyl (C=O) groups excluding carboxylic acids is 3. The Balaban J connectivity index is 1.54. The number of likely N-dealkylation sites (tertiary alicyclic amines) is 1. The Morgan fingerprint density at radius 2 is 2.06 bits per heavy atom. The molecule has 2 heterocycles. The fourth-order valence-corrected chi connectivity index (χ4v) is 4.03. The van der Waals surface area contributed by atoms with Gasteiger partial charge in [-0.1, -0.05) is 26.0 Å². The average Bonchev–Trinajstić information content (AvgIpc) is 2.88. The minimum absolute atomic E-state index is 0.00151. The van der Waals surface area contributed by atoms with Crippen LogP contribution in [0.5, 0.6) is 5.75 Å². The third-order valence-corrected chi connectivity index (χ3v) is 6.09. The van der Waals surface area contributed by atoms with Gasteiger partial charge in [-0.15, -0.1) is 0 Å². The highest BCUT2D eigenvalue weighted by Gasteiger charge is 2.25. The number of ether oxygens (including phenoxy) is 1. The standard InChI is InChI=1S/C26H35N5O4/c1-4-35-24-14-28-17-30-22(24)12-27-15-25(33)31-10-6-9-21(16-31)19-7-5-8-20(11-19)26(34)29-13-23(32)18(2)3/h5,7-8,11,14,17-18,21,27H,4,6,9-10,12-13,15-16H2,1-3H3,(H,29,34). The van der Waals surface area contributed by atoms with E-state index in [0.29, 0.717) is 37.6 Å². The molecular formula is C26H35N5O4. The van der Waals surface area contributed by atoms with E-state index in [4.69, 9.17) is 4.74 Å². The molecule has 2 aromatic rings. The highest BCUT2D eigenvalue weighted by atomic mass is 16.5. The van der Waals surface area contributed by atoms with Gasteiger partial charge in [0.25, 0.3) is 5.91 Å². The molecule has 188 valence electrons. The van der Waals surface area contributed by atoms with E-state index in [9.17, 15) is 14.4 Å². The number of benzene rings is 1. The van der Waals surface area contributed by atoms with Crippen molar-refractivity contribution in [3.63, 3.8) is 0 Å². The molecule has 9 heteroatoms. The predicted molar refractivity (Wildman–Crippen MR) is 132 cm³/mol. The molecule has 1 atom stereocenters. The predicted octanol–water partition coefficient (Wildman–Crippen LogP) is 2.33. The molecule has 1 fully saturated rings. The fourth-order valence-electron chi connectivity index (χ4n) is 4.03. The summed E-state index contributed by atoms with van der Waals surface area (Å²) in [6, 6.07) is 7.47. The Kier molecular flexibility index (Phi) is 9.72. The van der Waals surface area contributed by atoms with Crippen molar-refractivity contribution >= 4 is 17.6 Å². The highest BCUT2D eigenvalue weighted by molar-refractivity contribution is 5.97. The SMILES string of the molecule is CCOc1cncnc1CNCC(=O)N1CCCC(c2cccc(C(=O)NCC(=O)C(C)C)c2)C1. The second-order valence-electron chi connectivity index (χ2n) is 8.98. The van der Waals surface area contributed by atoms with Gasteiger partial charge in [0.1, 0.15) is 6.33 Å². The lowest BCUT2D eigenvalue weighted by atomic mass is 9.89. The zero-order valence-corrected chi connectivity index (χ0v) is 20.8. The van der Waals surface area contributed by atoms with Crippen molar-refractivity contribution in [2.75, 3.05) is 32.8 Å². The van der Waals surface area contributed by atoms with Crippen LogP contribution in [0, 0.1) is 5.92 Å². The maximum atomic E-state index is 12.9. The quantitative estimate of drug-likeness (QED) is 0.506.